The van der Waals surface area contributed by atoms with Gasteiger partial charge < -0.3 is 57.7 Å². The zero-order chi connectivity index (χ0) is 13.5. The van der Waals surface area contributed by atoms with E-state index >= 15 is 0 Å². The summed E-state index contributed by atoms with van der Waals surface area (Å²) < 4.78 is 25.6. The third-order valence-electron chi connectivity index (χ3n) is 0. The molecule has 0 aliphatic heterocycles. The van der Waals surface area contributed by atoms with Crippen LogP contribution in [-0.4, -0.2) is 61.2 Å². The molecule has 0 heterocycles. The van der Waals surface area contributed by atoms with Gasteiger partial charge in [-0.3, -0.25) is 0 Å². The molecule has 0 atom stereocenters. The summed E-state index contributed by atoms with van der Waals surface area (Å²) in [5.74, 6) is 0. The molecule has 0 aromatic heterocycles. The van der Waals surface area contributed by atoms with Crippen molar-refractivity contribution in [3.05, 3.63) is 0 Å². The van der Waals surface area contributed by atoms with E-state index in [4.69, 9.17) is 57.7 Å². The third kappa shape index (κ3) is 1040. The molecule has 0 spiro atoms. The van der Waals surface area contributed by atoms with Crippen molar-refractivity contribution in [3.63, 3.8) is 0 Å². The first-order valence-corrected chi connectivity index (χ1v) is 6.57. The minimum atomic E-state index is -5.39. The average Bonchev–Trinajstić information content (AvgIpc) is 1.41. The van der Waals surface area contributed by atoms with Crippen molar-refractivity contribution >= 4 is 84.6 Å². The molecule has 0 unspecified atom stereocenters. The van der Waals surface area contributed by atoms with E-state index < -0.39 is 23.5 Å². The Labute approximate surface area is 141 Å². The number of hydrogen-bond donors (Lipinski definition) is 0. The fourth-order valence-electron chi connectivity index (χ4n) is 0. The molecule has 12 nitrogen and oxygen atoms in total. The number of hydrogen-bond acceptors (Lipinski definition) is 12. The predicted molar refractivity (Wildman–Crippen MR) is 48.5 cm³/mol. The van der Waals surface area contributed by atoms with Gasteiger partial charge in [0.25, 0.3) is 0 Å². The van der Waals surface area contributed by atoms with Crippen molar-refractivity contribution in [2.24, 2.45) is 0 Å². The van der Waals surface area contributed by atoms with E-state index in [9.17, 15) is 0 Å². The van der Waals surface area contributed by atoms with Gasteiger partial charge in [-0.25, -0.2) is 0 Å². The molecule has 0 aromatic carbocycles. The molecule has 0 radical (unpaired) electrons. The molecule has 0 N–H and O–H groups in total. The topological polar surface area (TPSA) is 259 Å². The van der Waals surface area contributed by atoms with Crippen LogP contribution in [0.2, 0.25) is 0 Å². The van der Waals surface area contributed by atoms with Crippen LogP contribution in [0.4, 0.5) is 0 Å². The van der Waals surface area contributed by atoms with E-state index in [0.29, 0.717) is 0 Å². The summed E-state index contributed by atoms with van der Waals surface area (Å²) in [6.45, 7) is 0. The maximum absolute atomic E-state index is 8.55. The second-order valence-corrected chi connectivity index (χ2v) is 4.02. The Hall–Kier alpha value is 2.29. The smallest absolute Gasteiger partial charge is 3.00 e. The van der Waals surface area contributed by atoms with Crippen molar-refractivity contribution in [3.8, 4) is 0 Å². The van der Waals surface area contributed by atoms with Gasteiger partial charge >= 0.3 is 61.2 Å². The minimum absolute atomic E-state index is 0. The van der Waals surface area contributed by atoms with E-state index in [2.05, 4.69) is 0 Å². The SMILES string of the molecule is O=P([O-])([O-])[O-].O=P([O-])([O-])[O-].O=P([O-])([O-])[O-].[Al+3].[AsH6+3].[In+3]. The van der Waals surface area contributed by atoms with Gasteiger partial charge in [0.15, 0.2) is 0 Å². The third-order valence-corrected chi connectivity index (χ3v) is 0. The normalized spacial score (nSPS) is 9.83. The number of phosphoric acid groups is 3. The molecule has 18 heteroatoms. The molecule has 0 saturated carbocycles. The summed E-state index contributed by atoms with van der Waals surface area (Å²) >= 11 is 0. The molecule has 0 rings (SSSR count). The molecule has 18 heavy (non-hydrogen) atoms. The zero-order valence-corrected chi connectivity index (χ0v) is 14.5. The summed E-state index contributed by atoms with van der Waals surface area (Å²) in [6, 6.07) is 0. The zero-order valence-electron chi connectivity index (χ0n) is 7.40. The summed E-state index contributed by atoms with van der Waals surface area (Å²) in [6.07, 6.45) is 0. The predicted octanol–water partition coefficient (Wildman–Crippen LogP) is -11.2. The summed E-state index contributed by atoms with van der Waals surface area (Å²) in [7, 11) is -16.2. The van der Waals surface area contributed by atoms with Crippen LogP contribution in [0.15, 0.2) is 0 Å². The Morgan fingerprint density at radius 3 is 0.500 bits per heavy atom. The molecule has 0 aromatic rings. The Balaban J connectivity index is -0.0000000277. The average molecular weight is 508 g/mol. The molecule has 104 valence electrons. The Morgan fingerprint density at radius 1 is 0.500 bits per heavy atom. The van der Waals surface area contributed by atoms with Crippen LogP contribution in [-0.2, 0) is 13.7 Å². The maximum Gasteiger partial charge on any atom is 3.00 e. The van der Waals surface area contributed by atoms with Crippen molar-refractivity contribution in [1.82, 2.24) is 0 Å². The largest absolute Gasteiger partial charge is 3.00 e. The van der Waals surface area contributed by atoms with Gasteiger partial charge in [0.1, 0.15) is 0 Å². The quantitative estimate of drug-likeness (QED) is 0.218. The van der Waals surface area contributed by atoms with Crippen molar-refractivity contribution in [2.45, 2.75) is 0 Å². The Morgan fingerprint density at radius 2 is 0.500 bits per heavy atom. The first-order valence-electron chi connectivity index (χ1n) is 2.19. The molecular formula is H6AlAsInO12P3. The monoisotopic (exact) mass is 508 g/mol. The van der Waals surface area contributed by atoms with Crippen LogP contribution >= 0.6 is 23.5 Å². The van der Waals surface area contributed by atoms with Gasteiger partial charge in [0, 0.05) is 0 Å². The molecule has 0 amide bonds. The second kappa shape index (κ2) is 15.7. The summed E-state index contributed by atoms with van der Waals surface area (Å²) in [5.41, 5.74) is 0. The van der Waals surface area contributed by atoms with E-state index in [0.717, 1.165) is 0 Å². The fourth-order valence-corrected chi connectivity index (χ4v) is 0. The molecule has 0 bridgehead atoms. The van der Waals surface area contributed by atoms with E-state index in [-0.39, 0.29) is 61.2 Å². The molecule has 0 saturated heterocycles. The van der Waals surface area contributed by atoms with Gasteiger partial charge in [0.2, 0.25) is 0 Å². The van der Waals surface area contributed by atoms with Crippen LogP contribution in [0.5, 0.6) is 0 Å². The molecule has 0 fully saturated rings. The van der Waals surface area contributed by atoms with Gasteiger partial charge in [0.05, 0.1) is 0 Å². The fraction of sp³-hybridized carbons (Fsp3) is 0. The van der Waals surface area contributed by atoms with Crippen LogP contribution in [0.25, 0.3) is 0 Å². The minimum Gasteiger partial charge on any atom is 3.00 e. The maximum atomic E-state index is 8.55. The van der Waals surface area contributed by atoms with Gasteiger partial charge in [-0.05, 0) is 0 Å². The van der Waals surface area contributed by atoms with E-state index in [1.165, 1.54) is 0 Å². The molecule has 0 aliphatic carbocycles. The summed E-state index contributed by atoms with van der Waals surface area (Å²) in [5, 5.41) is 0. The number of rotatable bonds is 0. The Kier molecular flexibility index (Phi) is 32.2. The van der Waals surface area contributed by atoms with Crippen LogP contribution in [0, 0.1) is 0 Å². The van der Waals surface area contributed by atoms with Crippen LogP contribution in [0.1, 0.15) is 0 Å². The van der Waals surface area contributed by atoms with Gasteiger partial charge in [-0.1, -0.05) is 0 Å². The van der Waals surface area contributed by atoms with Gasteiger partial charge in [-0.15, -0.1) is 0 Å². The van der Waals surface area contributed by atoms with Crippen LogP contribution in [0.3, 0.4) is 0 Å². The Bertz CT molecular complexity index is 213. The van der Waals surface area contributed by atoms with Crippen molar-refractivity contribution in [2.75, 3.05) is 0 Å². The molecular weight excluding hydrogens is 502 g/mol. The first-order chi connectivity index (χ1) is 6.00. The van der Waals surface area contributed by atoms with Gasteiger partial charge in [-0.2, -0.15) is 23.5 Å². The summed E-state index contributed by atoms with van der Waals surface area (Å²) in [4.78, 5) is 76.9. The van der Waals surface area contributed by atoms with Crippen molar-refractivity contribution in [1.29, 1.82) is 0 Å². The van der Waals surface area contributed by atoms with E-state index in [1.807, 2.05) is 0 Å². The molecule has 0 aliphatic rings. The van der Waals surface area contributed by atoms with Crippen LogP contribution < -0.4 is 44.0 Å². The van der Waals surface area contributed by atoms with Crippen molar-refractivity contribution < 1.29 is 57.7 Å². The first kappa shape index (κ1) is 37.0. The van der Waals surface area contributed by atoms with E-state index in [1.54, 1.807) is 0 Å². The standard InChI is InChI=1S/Al.AsH6.In.3H3O4P/c;;;3*1-5(2,3)4/h;1H6;;3*(H3,1,2,3,4)/q3*+3;;;/p-9. The second-order valence-electron chi connectivity index (χ2n) is 1.34.